The molecule has 0 aromatic rings. The average Bonchev–Trinajstić information content (AvgIpc) is 2.50. The molecular weight excluding hydrogens is 256 g/mol. The van der Waals surface area contributed by atoms with Crippen LogP contribution in [0.1, 0.15) is 118 Å². The number of hydrogen-bond acceptors (Lipinski definition) is 1. The van der Waals surface area contributed by atoms with E-state index in [4.69, 9.17) is 0 Å². The van der Waals surface area contributed by atoms with Gasteiger partial charge in [0.25, 0.3) is 0 Å². The first-order chi connectivity index (χ1) is 10.1. The molecule has 1 heteroatoms. The molecule has 0 radical (unpaired) electrons. The highest BCUT2D eigenvalue weighted by molar-refractivity contribution is 4.85. The number of hydrogen-bond donors (Lipinski definition) is 1. The normalized spacial score (nSPS) is 13.6. The molecule has 128 valence electrons. The fraction of sp³-hybridized carbons (Fsp3) is 1.00. The molecule has 0 saturated heterocycles. The Bertz CT molecular complexity index is 204. The molecule has 0 rings (SSSR count). The van der Waals surface area contributed by atoms with Crippen molar-refractivity contribution in [1.82, 2.24) is 0 Å². The fourth-order valence-corrected chi connectivity index (χ4v) is 3.52. The molecule has 0 aliphatic carbocycles. The molecule has 1 N–H and O–H groups in total. The van der Waals surface area contributed by atoms with Gasteiger partial charge < -0.3 is 5.11 Å². The maximum Gasteiger partial charge on any atom is 0.0675 e. The van der Waals surface area contributed by atoms with E-state index in [1.807, 2.05) is 0 Å². The summed E-state index contributed by atoms with van der Waals surface area (Å²) in [6.45, 7) is 9.00. The second-order valence-corrected chi connectivity index (χ2v) is 6.97. The molecule has 0 saturated carbocycles. The quantitative estimate of drug-likeness (QED) is 0.327. The van der Waals surface area contributed by atoms with Crippen molar-refractivity contribution >= 4 is 0 Å². The summed E-state index contributed by atoms with van der Waals surface area (Å²) in [5, 5.41) is 11.2. The van der Waals surface area contributed by atoms with Crippen LogP contribution in [0, 0.1) is 5.92 Å². The summed E-state index contributed by atoms with van der Waals surface area (Å²) in [5.74, 6) is 0.516. The lowest BCUT2D eigenvalue weighted by Gasteiger charge is -2.36. The number of aliphatic hydroxyl groups is 1. The van der Waals surface area contributed by atoms with Crippen molar-refractivity contribution in [3.8, 4) is 0 Å². The van der Waals surface area contributed by atoms with Crippen molar-refractivity contribution in [3.63, 3.8) is 0 Å². The molecule has 0 aliphatic rings. The van der Waals surface area contributed by atoms with Crippen LogP contribution in [-0.4, -0.2) is 10.7 Å². The average molecular weight is 299 g/mol. The molecule has 0 amide bonds. The van der Waals surface area contributed by atoms with Gasteiger partial charge in [-0.3, -0.25) is 0 Å². The Morgan fingerprint density at radius 2 is 1.14 bits per heavy atom. The predicted octanol–water partition coefficient (Wildman–Crippen LogP) is 6.87. The van der Waals surface area contributed by atoms with Crippen molar-refractivity contribution in [1.29, 1.82) is 0 Å². The summed E-state index contributed by atoms with van der Waals surface area (Å²) in [5.41, 5.74) is -0.385. The van der Waals surface area contributed by atoms with Gasteiger partial charge in [0.05, 0.1) is 5.60 Å². The van der Waals surface area contributed by atoms with Crippen LogP contribution in [0.25, 0.3) is 0 Å². The molecular formula is C20H42O. The Morgan fingerprint density at radius 1 is 0.667 bits per heavy atom. The van der Waals surface area contributed by atoms with Crippen LogP contribution < -0.4 is 0 Å². The van der Waals surface area contributed by atoms with Gasteiger partial charge in [-0.05, 0) is 25.2 Å². The molecule has 0 aromatic carbocycles. The van der Waals surface area contributed by atoms with E-state index in [1.54, 1.807) is 0 Å². The Kier molecular flexibility index (Phi) is 13.6. The summed E-state index contributed by atoms with van der Waals surface area (Å²) in [4.78, 5) is 0. The standard InChI is InChI=1S/C20H42O/c1-5-9-12-13-14-15-16-19(8-4)20(21,17-10-6-2)18-11-7-3/h19,21H,5-18H2,1-4H3. The van der Waals surface area contributed by atoms with Crippen LogP contribution in [0.4, 0.5) is 0 Å². The highest BCUT2D eigenvalue weighted by Crippen LogP contribution is 2.35. The lowest BCUT2D eigenvalue weighted by atomic mass is 9.75. The van der Waals surface area contributed by atoms with Crippen molar-refractivity contribution in [2.24, 2.45) is 5.92 Å². The van der Waals surface area contributed by atoms with E-state index < -0.39 is 0 Å². The first kappa shape index (κ1) is 21.0. The minimum absolute atomic E-state index is 0.385. The van der Waals surface area contributed by atoms with Gasteiger partial charge in [-0.1, -0.05) is 98.3 Å². The Morgan fingerprint density at radius 3 is 1.62 bits per heavy atom. The monoisotopic (exact) mass is 298 g/mol. The van der Waals surface area contributed by atoms with Gasteiger partial charge in [0.15, 0.2) is 0 Å². The maximum absolute atomic E-state index is 11.2. The van der Waals surface area contributed by atoms with Gasteiger partial charge in [-0.2, -0.15) is 0 Å². The maximum atomic E-state index is 11.2. The SMILES string of the molecule is CCCCCCCCC(CC)C(O)(CCCC)CCCC. The third-order valence-electron chi connectivity index (χ3n) is 5.09. The van der Waals surface area contributed by atoms with Crippen LogP contribution in [0.3, 0.4) is 0 Å². The van der Waals surface area contributed by atoms with Crippen molar-refractivity contribution < 1.29 is 5.11 Å². The van der Waals surface area contributed by atoms with Crippen LogP contribution in [0.2, 0.25) is 0 Å². The fourth-order valence-electron chi connectivity index (χ4n) is 3.52. The Labute approximate surface area is 134 Å². The van der Waals surface area contributed by atoms with E-state index in [2.05, 4.69) is 27.7 Å². The summed E-state index contributed by atoms with van der Waals surface area (Å²) < 4.78 is 0. The van der Waals surface area contributed by atoms with E-state index in [1.165, 1.54) is 70.6 Å². The molecule has 0 aliphatic heterocycles. The van der Waals surface area contributed by atoms with E-state index in [9.17, 15) is 5.11 Å². The minimum atomic E-state index is -0.385. The first-order valence-electron chi connectivity index (χ1n) is 9.86. The van der Waals surface area contributed by atoms with Gasteiger partial charge in [0.1, 0.15) is 0 Å². The van der Waals surface area contributed by atoms with Crippen LogP contribution in [-0.2, 0) is 0 Å². The number of rotatable bonds is 15. The molecule has 0 heterocycles. The lowest BCUT2D eigenvalue weighted by molar-refractivity contribution is -0.0426. The zero-order chi connectivity index (χ0) is 16.0. The third-order valence-corrected chi connectivity index (χ3v) is 5.09. The smallest absolute Gasteiger partial charge is 0.0675 e. The predicted molar refractivity (Wildman–Crippen MR) is 95.8 cm³/mol. The van der Waals surface area contributed by atoms with Crippen LogP contribution >= 0.6 is 0 Å². The second kappa shape index (κ2) is 13.6. The highest BCUT2D eigenvalue weighted by Gasteiger charge is 2.33. The second-order valence-electron chi connectivity index (χ2n) is 6.97. The Balaban J connectivity index is 4.24. The topological polar surface area (TPSA) is 20.2 Å². The molecule has 0 fully saturated rings. The van der Waals surface area contributed by atoms with E-state index in [-0.39, 0.29) is 5.60 Å². The largest absolute Gasteiger partial charge is 0.390 e. The van der Waals surface area contributed by atoms with E-state index in [0.29, 0.717) is 5.92 Å². The summed E-state index contributed by atoms with van der Waals surface area (Å²) in [7, 11) is 0. The van der Waals surface area contributed by atoms with Gasteiger partial charge in [-0.25, -0.2) is 0 Å². The zero-order valence-corrected chi connectivity index (χ0v) is 15.4. The summed E-state index contributed by atoms with van der Waals surface area (Å²) in [6.07, 6.45) is 17.3. The van der Waals surface area contributed by atoms with E-state index in [0.717, 1.165) is 19.3 Å². The minimum Gasteiger partial charge on any atom is -0.390 e. The van der Waals surface area contributed by atoms with Crippen molar-refractivity contribution in [2.75, 3.05) is 0 Å². The zero-order valence-electron chi connectivity index (χ0n) is 15.4. The Hall–Kier alpha value is -0.0400. The van der Waals surface area contributed by atoms with Gasteiger partial charge in [-0.15, -0.1) is 0 Å². The molecule has 1 atom stereocenters. The van der Waals surface area contributed by atoms with Crippen molar-refractivity contribution in [2.45, 2.75) is 123 Å². The van der Waals surface area contributed by atoms with Gasteiger partial charge >= 0.3 is 0 Å². The molecule has 21 heavy (non-hydrogen) atoms. The molecule has 0 bridgehead atoms. The van der Waals surface area contributed by atoms with Crippen molar-refractivity contribution in [3.05, 3.63) is 0 Å². The van der Waals surface area contributed by atoms with Crippen LogP contribution in [0.15, 0.2) is 0 Å². The third kappa shape index (κ3) is 9.55. The summed E-state index contributed by atoms with van der Waals surface area (Å²) in [6, 6.07) is 0. The molecule has 0 aromatic heterocycles. The molecule has 1 nitrogen and oxygen atoms in total. The van der Waals surface area contributed by atoms with Gasteiger partial charge in [0.2, 0.25) is 0 Å². The lowest BCUT2D eigenvalue weighted by Crippen LogP contribution is -2.37. The molecule has 1 unspecified atom stereocenters. The first-order valence-corrected chi connectivity index (χ1v) is 9.86. The van der Waals surface area contributed by atoms with E-state index >= 15 is 0 Å². The molecule has 0 spiro atoms. The van der Waals surface area contributed by atoms with Crippen LogP contribution in [0.5, 0.6) is 0 Å². The van der Waals surface area contributed by atoms with Gasteiger partial charge in [0, 0.05) is 0 Å². The highest BCUT2D eigenvalue weighted by atomic mass is 16.3. The summed E-state index contributed by atoms with van der Waals surface area (Å²) >= 11 is 0. The number of unbranched alkanes of at least 4 members (excludes halogenated alkanes) is 7.